The summed E-state index contributed by atoms with van der Waals surface area (Å²) in [6.07, 6.45) is 3.62. The molecule has 0 amide bonds. The van der Waals surface area contributed by atoms with Gasteiger partial charge >= 0.3 is 158 Å². The first kappa shape index (κ1) is 17.2. The molecule has 0 fully saturated rings. The molecular formula is C10H6Cl2I2N2S2Sn. The summed E-state index contributed by atoms with van der Waals surface area (Å²) in [7, 11) is 16.0. The van der Waals surface area contributed by atoms with Gasteiger partial charge < -0.3 is 0 Å². The third kappa shape index (κ3) is 6.23. The van der Waals surface area contributed by atoms with Crippen LogP contribution in [0.1, 0.15) is 0 Å². The van der Waals surface area contributed by atoms with Gasteiger partial charge in [-0.15, -0.1) is 0 Å². The number of pyridine rings is 2. The first-order chi connectivity index (χ1) is 8.94. The molecule has 0 bridgehead atoms. The summed E-state index contributed by atoms with van der Waals surface area (Å²) in [5.41, 5.74) is 0. The molecule has 2 nitrogen and oxygen atoms in total. The zero-order valence-corrected chi connectivity index (χ0v) is 19.5. The van der Waals surface area contributed by atoms with Crippen molar-refractivity contribution in [3.63, 3.8) is 0 Å². The van der Waals surface area contributed by atoms with Crippen molar-refractivity contribution in [1.29, 1.82) is 0 Å². The zero-order valence-electron chi connectivity index (χ0n) is 9.19. The molecule has 0 aliphatic rings. The van der Waals surface area contributed by atoms with Crippen molar-refractivity contribution < 1.29 is 0 Å². The molecule has 0 radical (unpaired) electrons. The molecule has 0 aliphatic heterocycles. The van der Waals surface area contributed by atoms with E-state index in [9.17, 15) is 0 Å². The zero-order chi connectivity index (χ0) is 13.9. The van der Waals surface area contributed by atoms with Crippen molar-refractivity contribution in [2.45, 2.75) is 10.1 Å². The standard InChI is InChI=1S/2C5H4INS.2ClH.Sn/c2*6-4-1-2-5(8)7-3-4;;;/h2*1-3H,(H,7,8);2*1H;/q;;;;+4/p-4. The van der Waals surface area contributed by atoms with Gasteiger partial charge in [-0.3, -0.25) is 0 Å². The van der Waals surface area contributed by atoms with Gasteiger partial charge in [-0.2, -0.15) is 0 Å². The van der Waals surface area contributed by atoms with Gasteiger partial charge in [0.15, 0.2) is 0 Å². The SMILES string of the molecule is [Cl][Sn]([Cl])([S]c1ccc(I)cn1)[S]c1ccc(I)cn1. The van der Waals surface area contributed by atoms with Crippen molar-refractivity contribution in [3.8, 4) is 0 Å². The van der Waals surface area contributed by atoms with Crippen LogP contribution in [-0.2, 0) is 0 Å². The van der Waals surface area contributed by atoms with Gasteiger partial charge in [-0.05, 0) is 0 Å². The van der Waals surface area contributed by atoms with Crippen molar-refractivity contribution in [2.75, 3.05) is 0 Å². The van der Waals surface area contributed by atoms with Gasteiger partial charge in [-0.1, -0.05) is 0 Å². The van der Waals surface area contributed by atoms with Crippen LogP contribution in [0.5, 0.6) is 0 Å². The van der Waals surface area contributed by atoms with Crippen LogP contribution in [0.3, 0.4) is 0 Å². The number of rotatable bonds is 4. The van der Waals surface area contributed by atoms with Gasteiger partial charge in [0.05, 0.1) is 0 Å². The third-order valence-electron chi connectivity index (χ3n) is 1.85. The van der Waals surface area contributed by atoms with Crippen LogP contribution in [0.15, 0.2) is 46.7 Å². The van der Waals surface area contributed by atoms with E-state index in [-0.39, 0.29) is 0 Å². The van der Waals surface area contributed by atoms with Crippen LogP contribution in [-0.4, -0.2) is 23.3 Å². The Bertz CT molecular complexity index is 505. The summed E-state index contributed by atoms with van der Waals surface area (Å²) in [5.74, 6) is 0. The number of halogens is 4. The van der Waals surface area contributed by atoms with Crippen LogP contribution < -0.4 is 0 Å². The molecule has 0 spiro atoms. The van der Waals surface area contributed by atoms with Crippen LogP contribution in [0.2, 0.25) is 0 Å². The maximum atomic E-state index is 6.50. The molecule has 0 atom stereocenters. The Kier molecular flexibility index (Phi) is 7.16. The Labute approximate surface area is 155 Å². The Morgan fingerprint density at radius 2 is 1.26 bits per heavy atom. The average molecular weight is 662 g/mol. The second kappa shape index (κ2) is 7.91. The van der Waals surface area contributed by atoms with Gasteiger partial charge in [0, 0.05) is 0 Å². The predicted molar refractivity (Wildman–Crippen MR) is 103 cm³/mol. The Hall–Kier alpha value is 1.84. The molecule has 2 rings (SSSR count). The minimum atomic E-state index is -3.35. The molecule has 0 N–H and O–H groups in total. The predicted octanol–water partition coefficient (Wildman–Crippen LogP) is 5.48. The average Bonchev–Trinajstić information content (AvgIpc) is 2.34. The fourth-order valence-electron chi connectivity index (χ4n) is 1.11. The van der Waals surface area contributed by atoms with E-state index in [0.717, 1.165) is 17.2 Å². The van der Waals surface area contributed by atoms with Crippen LogP contribution in [0.25, 0.3) is 0 Å². The van der Waals surface area contributed by atoms with Gasteiger partial charge in [-0.25, -0.2) is 0 Å². The fourth-order valence-corrected chi connectivity index (χ4v) is 20.0. The summed E-state index contributed by atoms with van der Waals surface area (Å²) in [6, 6.07) is 7.90. The number of hydrogen-bond acceptors (Lipinski definition) is 4. The summed E-state index contributed by atoms with van der Waals surface area (Å²) in [4.78, 5) is 8.65. The monoisotopic (exact) mass is 662 g/mol. The Balaban J connectivity index is 2.05. The molecule has 0 saturated carbocycles. The molecule has 19 heavy (non-hydrogen) atoms. The maximum absolute atomic E-state index is 6.50. The van der Waals surface area contributed by atoms with Gasteiger partial charge in [0.1, 0.15) is 0 Å². The Morgan fingerprint density at radius 3 is 1.58 bits per heavy atom. The second-order valence-corrected chi connectivity index (χ2v) is 38.0. The third-order valence-corrected chi connectivity index (χ3v) is 21.7. The van der Waals surface area contributed by atoms with E-state index in [1.165, 1.54) is 17.9 Å². The normalized spacial score (nSPS) is 11.6. The Morgan fingerprint density at radius 1 is 0.842 bits per heavy atom. The van der Waals surface area contributed by atoms with Gasteiger partial charge in [0.2, 0.25) is 0 Å². The molecule has 0 aromatic carbocycles. The number of nitrogens with zero attached hydrogens (tertiary/aromatic N) is 2. The van der Waals surface area contributed by atoms with Crippen LogP contribution in [0.4, 0.5) is 0 Å². The van der Waals surface area contributed by atoms with E-state index in [1.54, 1.807) is 0 Å². The molecule has 2 heterocycles. The molecule has 2 aromatic heterocycles. The summed E-state index contributed by atoms with van der Waals surface area (Å²) >= 11 is 1.09. The van der Waals surface area contributed by atoms with Crippen LogP contribution in [0, 0.1) is 7.14 Å². The molecule has 100 valence electrons. The van der Waals surface area contributed by atoms with Crippen molar-refractivity contribution >= 4 is 94.3 Å². The first-order valence-corrected chi connectivity index (χ1v) is 22.9. The molecule has 0 aliphatic carbocycles. The van der Waals surface area contributed by atoms with E-state index in [1.807, 2.05) is 36.7 Å². The minimum absolute atomic E-state index is 0.874. The second-order valence-electron chi connectivity index (χ2n) is 3.30. The quantitative estimate of drug-likeness (QED) is 0.320. The van der Waals surface area contributed by atoms with Crippen molar-refractivity contribution in [2.24, 2.45) is 0 Å². The van der Waals surface area contributed by atoms with Crippen LogP contribution >= 0.6 is 80.9 Å². The molecule has 9 heteroatoms. The number of hydrogen-bond donors (Lipinski definition) is 0. The van der Waals surface area contributed by atoms with E-state index in [2.05, 4.69) is 55.1 Å². The van der Waals surface area contributed by atoms with E-state index in [4.69, 9.17) is 17.8 Å². The summed E-state index contributed by atoms with van der Waals surface area (Å²) in [6.45, 7) is 0. The molecular weight excluding hydrogens is 656 g/mol. The van der Waals surface area contributed by atoms with Gasteiger partial charge in [0.25, 0.3) is 0 Å². The fraction of sp³-hybridized carbons (Fsp3) is 0. The summed E-state index contributed by atoms with van der Waals surface area (Å²) in [5, 5.41) is 1.75. The summed E-state index contributed by atoms with van der Waals surface area (Å²) < 4.78 is 2.19. The van der Waals surface area contributed by atoms with E-state index in [0.29, 0.717) is 0 Å². The molecule has 0 saturated heterocycles. The van der Waals surface area contributed by atoms with E-state index < -0.39 is 13.4 Å². The van der Waals surface area contributed by atoms with Crippen molar-refractivity contribution in [1.82, 2.24) is 9.97 Å². The molecule has 2 aromatic rings. The topological polar surface area (TPSA) is 25.8 Å². The van der Waals surface area contributed by atoms with E-state index >= 15 is 0 Å². The first-order valence-electron chi connectivity index (χ1n) is 4.93. The molecule has 0 unspecified atom stereocenters. The number of aromatic nitrogens is 2. The van der Waals surface area contributed by atoms with Crippen molar-refractivity contribution in [3.05, 3.63) is 43.8 Å².